The summed E-state index contributed by atoms with van der Waals surface area (Å²) in [5.74, 6) is 1.59. The number of likely N-dealkylation sites (tertiary alicyclic amines) is 1. The van der Waals surface area contributed by atoms with Gasteiger partial charge in [0.2, 0.25) is 5.91 Å². The summed E-state index contributed by atoms with van der Waals surface area (Å²) in [4.78, 5) is 15.1. The van der Waals surface area contributed by atoms with Crippen LogP contribution in [-0.4, -0.2) is 49.4 Å². The van der Waals surface area contributed by atoms with E-state index in [0.29, 0.717) is 19.6 Å². The number of hydrazone groups is 1. The van der Waals surface area contributed by atoms with Gasteiger partial charge in [0, 0.05) is 24.4 Å². The summed E-state index contributed by atoms with van der Waals surface area (Å²) in [5.41, 5.74) is 2.61. The highest BCUT2D eigenvalue weighted by molar-refractivity contribution is 6.12. The van der Waals surface area contributed by atoms with Crippen LogP contribution in [0.25, 0.3) is 0 Å². The zero-order chi connectivity index (χ0) is 19.6. The number of para-hydroxylation sites is 1. The van der Waals surface area contributed by atoms with E-state index in [1.807, 2.05) is 48.5 Å². The summed E-state index contributed by atoms with van der Waals surface area (Å²) in [6.07, 6.45) is 2.97. The molecule has 0 N–H and O–H groups in total. The molecule has 1 saturated heterocycles. The van der Waals surface area contributed by atoms with E-state index in [-0.39, 0.29) is 11.8 Å². The van der Waals surface area contributed by atoms with Crippen LogP contribution in [0.15, 0.2) is 53.6 Å². The second-order valence-electron chi connectivity index (χ2n) is 7.79. The quantitative estimate of drug-likeness (QED) is 0.785. The number of benzene rings is 2. The van der Waals surface area contributed by atoms with Gasteiger partial charge in [-0.05, 0) is 56.3 Å². The van der Waals surface area contributed by atoms with Crippen molar-refractivity contribution < 1.29 is 14.3 Å². The van der Waals surface area contributed by atoms with E-state index in [2.05, 4.69) is 4.90 Å². The van der Waals surface area contributed by atoms with Gasteiger partial charge in [0.25, 0.3) is 0 Å². The van der Waals surface area contributed by atoms with Crippen molar-refractivity contribution in [3.05, 3.63) is 54.1 Å². The molecule has 1 atom stereocenters. The Kier molecular flexibility index (Phi) is 4.94. The van der Waals surface area contributed by atoms with E-state index in [4.69, 9.17) is 14.6 Å². The molecule has 0 aromatic heterocycles. The molecule has 29 heavy (non-hydrogen) atoms. The van der Waals surface area contributed by atoms with Gasteiger partial charge in [-0.25, -0.2) is 5.01 Å². The zero-order valence-electron chi connectivity index (χ0n) is 16.4. The van der Waals surface area contributed by atoms with Gasteiger partial charge in [-0.1, -0.05) is 18.2 Å². The Hall–Kier alpha value is -2.86. The molecular weight excluding hydrogens is 366 g/mol. The normalized spacial score (nSPS) is 21.2. The van der Waals surface area contributed by atoms with E-state index in [0.717, 1.165) is 35.0 Å². The molecule has 6 nitrogen and oxygen atoms in total. The molecule has 3 heterocycles. The van der Waals surface area contributed by atoms with Gasteiger partial charge < -0.3 is 9.47 Å². The number of fused-ring (bicyclic) bond motifs is 3. The van der Waals surface area contributed by atoms with Gasteiger partial charge >= 0.3 is 0 Å². The predicted molar refractivity (Wildman–Crippen MR) is 112 cm³/mol. The maximum atomic E-state index is 12.6. The molecule has 0 spiro atoms. The molecule has 3 aliphatic rings. The minimum Gasteiger partial charge on any atom is -0.492 e. The first-order valence-electron chi connectivity index (χ1n) is 10.4. The Balaban J connectivity index is 1.39. The van der Waals surface area contributed by atoms with Crippen molar-refractivity contribution in [3.63, 3.8) is 0 Å². The fourth-order valence-electron chi connectivity index (χ4n) is 4.24. The topological polar surface area (TPSA) is 54.4 Å². The molecule has 1 fully saturated rings. The number of ether oxygens (including phenoxy) is 2. The van der Waals surface area contributed by atoms with Gasteiger partial charge in [-0.15, -0.1) is 0 Å². The van der Waals surface area contributed by atoms with Gasteiger partial charge in [0.1, 0.15) is 18.1 Å². The highest BCUT2D eigenvalue weighted by Crippen LogP contribution is 2.35. The van der Waals surface area contributed by atoms with Gasteiger partial charge in [0.05, 0.1) is 18.0 Å². The van der Waals surface area contributed by atoms with Gasteiger partial charge in [-0.2, -0.15) is 5.10 Å². The largest absolute Gasteiger partial charge is 0.492 e. The van der Waals surface area contributed by atoms with Crippen LogP contribution >= 0.6 is 0 Å². The molecule has 0 bridgehead atoms. The fraction of sp³-hybridized carbons (Fsp3) is 0.391. The van der Waals surface area contributed by atoms with Crippen LogP contribution < -0.4 is 14.5 Å². The van der Waals surface area contributed by atoms with Crippen LogP contribution in [0.4, 0.5) is 5.69 Å². The molecule has 2 aromatic rings. The molecular formula is C23H25N3O3. The van der Waals surface area contributed by atoms with Crippen LogP contribution in [0.2, 0.25) is 0 Å². The Morgan fingerprint density at radius 1 is 1.10 bits per heavy atom. The molecule has 6 heteroatoms. The lowest BCUT2D eigenvalue weighted by Gasteiger charge is -2.33. The van der Waals surface area contributed by atoms with Crippen molar-refractivity contribution in [1.29, 1.82) is 0 Å². The zero-order valence-corrected chi connectivity index (χ0v) is 16.4. The second-order valence-corrected chi connectivity index (χ2v) is 7.79. The number of hydrogen-bond donors (Lipinski definition) is 0. The molecule has 0 saturated carbocycles. The predicted octanol–water partition coefficient (Wildman–Crippen LogP) is 3.31. The highest BCUT2D eigenvalue weighted by atomic mass is 16.5. The number of amides is 1. The highest BCUT2D eigenvalue weighted by Gasteiger charge is 2.36. The lowest BCUT2D eigenvalue weighted by atomic mass is 9.90. The summed E-state index contributed by atoms with van der Waals surface area (Å²) in [6.45, 7) is 4.44. The average Bonchev–Trinajstić information content (AvgIpc) is 3.27. The van der Waals surface area contributed by atoms with Crippen LogP contribution in [0.3, 0.4) is 0 Å². The van der Waals surface area contributed by atoms with Crippen LogP contribution in [-0.2, 0) is 4.79 Å². The Morgan fingerprint density at radius 2 is 1.93 bits per heavy atom. The number of nitrogens with zero attached hydrogens (tertiary/aromatic N) is 3. The third kappa shape index (κ3) is 3.72. The van der Waals surface area contributed by atoms with E-state index in [9.17, 15) is 4.79 Å². The third-order valence-electron chi connectivity index (χ3n) is 5.79. The minimum atomic E-state index is -0.0187. The molecule has 2 aromatic carbocycles. The first-order chi connectivity index (χ1) is 14.3. The van der Waals surface area contributed by atoms with Gasteiger partial charge in [-0.3, -0.25) is 9.69 Å². The molecule has 0 aliphatic carbocycles. The first-order valence-corrected chi connectivity index (χ1v) is 10.4. The summed E-state index contributed by atoms with van der Waals surface area (Å²) in [7, 11) is 0. The number of carbonyl (C=O) groups is 1. The number of rotatable bonds is 5. The fourth-order valence-corrected chi connectivity index (χ4v) is 4.24. The van der Waals surface area contributed by atoms with E-state index >= 15 is 0 Å². The standard InChI is InChI=1S/C23H25N3O3/c27-22-14-17-16-29-21-9-8-19(28-13-12-25-10-4-5-11-25)15-20(21)23(17)24-26(22)18-6-2-1-3-7-18/h1-3,6-9,15,17H,4-5,10-14,16H2/t17-/m0/s1. The molecule has 0 unspecified atom stereocenters. The number of hydrogen-bond acceptors (Lipinski definition) is 5. The molecule has 1 amide bonds. The lowest BCUT2D eigenvalue weighted by Crippen LogP contribution is -2.41. The Morgan fingerprint density at radius 3 is 2.76 bits per heavy atom. The summed E-state index contributed by atoms with van der Waals surface area (Å²) < 4.78 is 11.9. The molecule has 5 rings (SSSR count). The molecule has 0 radical (unpaired) electrons. The van der Waals surface area contributed by atoms with E-state index in [1.165, 1.54) is 30.9 Å². The van der Waals surface area contributed by atoms with Gasteiger partial charge in [0.15, 0.2) is 0 Å². The summed E-state index contributed by atoms with van der Waals surface area (Å²) in [6, 6.07) is 15.5. The molecule has 3 aliphatic heterocycles. The van der Waals surface area contributed by atoms with Crippen LogP contribution in [0.5, 0.6) is 11.5 Å². The first kappa shape index (κ1) is 18.2. The summed E-state index contributed by atoms with van der Waals surface area (Å²) in [5, 5.41) is 6.25. The summed E-state index contributed by atoms with van der Waals surface area (Å²) >= 11 is 0. The SMILES string of the molecule is O=C1C[C@H]2COc3ccc(OCCN4CCCC4)cc3C2=NN1c1ccccc1. The van der Waals surface area contributed by atoms with Crippen molar-refractivity contribution in [2.24, 2.45) is 11.0 Å². The van der Waals surface area contributed by atoms with Crippen molar-refractivity contribution in [2.75, 3.05) is 37.9 Å². The lowest BCUT2D eigenvalue weighted by molar-refractivity contribution is -0.119. The maximum absolute atomic E-state index is 12.6. The second kappa shape index (κ2) is 7.87. The third-order valence-corrected chi connectivity index (χ3v) is 5.79. The molecule has 150 valence electrons. The van der Waals surface area contributed by atoms with Crippen molar-refractivity contribution in [2.45, 2.75) is 19.3 Å². The van der Waals surface area contributed by atoms with E-state index < -0.39 is 0 Å². The van der Waals surface area contributed by atoms with Crippen molar-refractivity contribution in [1.82, 2.24) is 4.90 Å². The van der Waals surface area contributed by atoms with E-state index in [1.54, 1.807) is 0 Å². The Labute approximate surface area is 170 Å². The minimum absolute atomic E-state index is 0.00461. The average molecular weight is 391 g/mol. The van der Waals surface area contributed by atoms with Crippen molar-refractivity contribution in [3.8, 4) is 11.5 Å². The number of anilines is 1. The maximum Gasteiger partial charge on any atom is 0.248 e. The Bertz CT molecular complexity index is 922. The smallest absolute Gasteiger partial charge is 0.248 e. The van der Waals surface area contributed by atoms with Crippen LogP contribution in [0.1, 0.15) is 24.8 Å². The monoisotopic (exact) mass is 391 g/mol. The van der Waals surface area contributed by atoms with Crippen molar-refractivity contribution >= 4 is 17.3 Å². The number of carbonyl (C=O) groups excluding carboxylic acids is 1. The van der Waals surface area contributed by atoms with Crippen LogP contribution in [0, 0.1) is 5.92 Å².